The first-order valence-electron chi connectivity index (χ1n) is 5.10. The van der Waals surface area contributed by atoms with Crippen LogP contribution in [-0.4, -0.2) is 14.8 Å². The normalized spacial score (nSPS) is 10.9. The number of aromatic nitrogens is 3. The fourth-order valence-corrected chi connectivity index (χ4v) is 2.59. The molecule has 17 heavy (non-hydrogen) atoms. The van der Waals surface area contributed by atoms with E-state index in [-0.39, 0.29) is 0 Å². The molecule has 0 atom stereocenters. The Morgan fingerprint density at radius 2 is 2.00 bits per heavy atom. The van der Waals surface area contributed by atoms with Gasteiger partial charge < -0.3 is 0 Å². The molecule has 90 valence electrons. The molecule has 0 saturated heterocycles. The first kappa shape index (κ1) is 12.9. The summed E-state index contributed by atoms with van der Waals surface area (Å²) >= 11 is 15.7. The van der Waals surface area contributed by atoms with Crippen molar-refractivity contribution >= 4 is 39.1 Å². The van der Waals surface area contributed by atoms with E-state index >= 15 is 0 Å². The van der Waals surface area contributed by atoms with Gasteiger partial charge in [-0.1, -0.05) is 18.5 Å². The van der Waals surface area contributed by atoms with Crippen LogP contribution in [0.25, 0.3) is 5.69 Å². The molecule has 0 N–H and O–H groups in total. The molecule has 6 heteroatoms. The molecule has 0 saturated carbocycles. The molecule has 0 unspecified atom stereocenters. The van der Waals surface area contributed by atoms with E-state index in [4.69, 9.17) is 23.2 Å². The minimum Gasteiger partial charge on any atom is -0.269 e. The van der Waals surface area contributed by atoms with Crippen molar-refractivity contribution in [3.8, 4) is 5.69 Å². The maximum atomic E-state index is 6.13. The summed E-state index contributed by atoms with van der Waals surface area (Å²) in [5, 5.41) is 8.92. The van der Waals surface area contributed by atoms with Gasteiger partial charge >= 0.3 is 0 Å². The van der Waals surface area contributed by atoms with Crippen LogP contribution in [-0.2, 0) is 6.42 Å². The van der Waals surface area contributed by atoms with Gasteiger partial charge in [0.1, 0.15) is 5.82 Å². The average Bonchev–Trinajstić information content (AvgIpc) is 2.65. The fourth-order valence-electron chi connectivity index (χ4n) is 1.57. The number of hydrogen-bond acceptors (Lipinski definition) is 2. The number of halogens is 3. The minimum atomic E-state index is 0.336. The third kappa shape index (κ3) is 2.34. The van der Waals surface area contributed by atoms with Gasteiger partial charge in [-0.2, -0.15) is 0 Å². The third-order valence-electron chi connectivity index (χ3n) is 2.48. The zero-order chi connectivity index (χ0) is 12.6. The number of aryl methyl sites for hydroxylation is 2. The van der Waals surface area contributed by atoms with Gasteiger partial charge in [-0.15, -0.1) is 10.2 Å². The lowest BCUT2D eigenvalue weighted by atomic mass is 10.2. The summed E-state index contributed by atoms with van der Waals surface area (Å²) in [5.74, 6) is 0.801. The van der Waals surface area contributed by atoms with Crippen LogP contribution in [0.15, 0.2) is 16.6 Å². The van der Waals surface area contributed by atoms with Crippen molar-refractivity contribution in [3.63, 3.8) is 0 Å². The van der Waals surface area contributed by atoms with E-state index in [1.165, 1.54) is 0 Å². The minimum absolute atomic E-state index is 0.336. The van der Waals surface area contributed by atoms with Crippen LogP contribution in [0.5, 0.6) is 0 Å². The van der Waals surface area contributed by atoms with Crippen molar-refractivity contribution < 1.29 is 0 Å². The number of benzene rings is 1. The van der Waals surface area contributed by atoms with E-state index in [0.29, 0.717) is 10.3 Å². The van der Waals surface area contributed by atoms with Crippen molar-refractivity contribution in [3.05, 3.63) is 38.3 Å². The standard InChI is InChI=1S/C11H10BrCl2N3/c1-3-10-15-16-11(14)17(10)9-5-8(13)6(2)4-7(9)12/h4-5H,3H2,1-2H3. The van der Waals surface area contributed by atoms with Crippen LogP contribution in [0.3, 0.4) is 0 Å². The number of rotatable bonds is 2. The predicted octanol–water partition coefficient (Wildman–Crippen LogP) is 4.21. The van der Waals surface area contributed by atoms with Crippen molar-refractivity contribution in [1.29, 1.82) is 0 Å². The summed E-state index contributed by atoms with van der Waals surface area (Å²) in [6, 6.07) is 3.81. The van der Waals surface area contributed by atoms with Crippen LogP contribution in [0.4, 0.5) is 0 Å². The van der Waals surface area contributed by atoms with Crippen LogP contribution >= 0.6 is 39.1 Å². The molecule has 0 fully saturated rings. The zero-order valence-corrected chi connectivity index (χ0v) is 12.4. The fraction of sp³-hybridized carbons (Fsp3) is 0.273. The zero-order valence-electron chi connectivity index (χ0n) is 9.34. The SMILES string of the molecule is CCc1nnc(Cl)n1-c1cc(Cl)c(C)cc1Br. The number of hydrogen-bond donors (Lipinski definition) is 0. The Kier molecular flexibility index (Phi) is 3.76. The molecule has 1 heterocycles. The summed E-state index contributed by atoms with van der Waals surface area (Å²) in [5.41, 5.74) is 1.86. The van der Waals surface area contributed by atoms with Crippen molar-refractivity contribution in [2.24, 2.45) is 0 Å². The summed E-state index contributed by atoms with van der Waals surface area (Å²) in [6.07, 6.45) is 0.748. The van der Waals surface area contributed by atoms with Crippen LogP contribution < -0.4 is 0 Å². The molecule has 3 nitrogen and oxygen atoms in total. The van der Waals surface area contributed by atoms with E-state index in [1.807, 2.05) is 26.0 Å². The second-order valence-corrected chi connectivity index (χ2v) is 5.23. The lowest BCUT2D eigenvalue weighted by Crippen LogP contribution is -2.01. The van der Waals surface area contributed by atoms with E-state index in [2.05, 4.69) is 26.1 Å². The Hall–Kier alpha value is -0.580. The molecule has 1 aromatic heterocycles. The average molecular weight is 335 g/mol. The van der Waals surface area contributed by atoms with Crippen LogP contribution in [0, 0.1) is 6.92 Å². The molecule has 2 aromatic rings. The van der Waals surface area contributed by atoms with Crippen LogP contribution in [0.2, 0.25) is 10.3 Å². The second kappa shape index (κ2) is 4.96. The van der Waals surface area contributed by atoms with Gasteiger partial charge in [0.2, 0.25) is 5.28 Å². The van der Waals surface area contributed by atoms with Gasteiger partial charge in [0.25, 0.3) is 0 Å². The van der Waals surface area contributed by atoms with E-state index in [0.717, 1.165) is 28.0 Å². The van der Waals surface area contributed by atoms with Crippen molar-refractivity contribution in [1.82, 2.24) is 14.8 Å². The van der Waals surface area contributed by atoms with Gasteiger partial charge in [0.15, 0.2) is 0 Å². The molecule has 0 amide bonds. The summed E-state index contributed by atoms with van der Waals surface area (Å²) in [7, 11) is 0. The molecule has 2 rings (SSSR count). The van der Waals surface area contributed by atoms with Crippen molar-refractivity contribution in [2.45, 2.75) is 20.3 Å². The Morgan fingerprint density at radius 3 is 2.65 bits per heavy atom. The summed E-state index contributed by atoms with van der Waals surface area (Å²) < 4.78 is 2.70. The van der Waals surface area contributed by atoms with E-state index in [9.17, 15) is 0 Å². The second-order valence-electron chi connectivity index (χ2n) is 3.63. The molecule has 0 spiro atoms. The largest absolute Gasteiger partial charge is 0.269 e. The van der Waals surface area contributed by atoms with Gasteiger partial charge in [-0.05, 0) is 52.2 Å². The number of nitrogens with zero attached hydrogens (tertiary/aromatic N) is 3. The highest BCUT2D eigenvalue weighted by Gasteiger charge is 2.14. The first-order valence-corrected chi connectivity index (χ1v) is 6.65. The van der Waals surface area contributed by atoms with Gasteiger partial charge in [-0.25, -0.2) is 0 Å². The molecule has 0 bridgehead atoms. The van der Waals surface area contributed by atoms with Gasteiger partial charge in [-0.3, -0.25) is 4.57 Å². The summed E-state index contributed by atoms with van der Waals surface area (Å²) in [4.78, 5) is 0. The van der Waals surface area contributed by atoms with Crippen molar-refractivity contribution in [2.75, 3.05) is 0 Å². The van der Waals surface area contributed by atoms with E-state index in [1.54, 1.807) is 4.57 Å². The molecule has 0 aliphatic carbocycles. The monoisotopic (exact) mass is 333 g/mol. The molecular formula is C11H10BrCl2N3. The Labute approximate surface area is 118 Å². The van der Waals surface area contributed by atoms with Gasteiger partial charge in [0, 0.05) is 15.9 Å². The maximum Gasteiger partial charge on any atom is 0.229 e. The highest BCUT2D eigenvalue weighted by Crippen LogP contribution is 2.30. The first-order chi connectivity index (χ1) is 8.04. The Bertz CT molecular complexity index is 566. The topological polar surface area (TPSA) is 30.7 Å². The van der Waals surface area contributed by atoms with Gasteiger partial charge in [0.05, 0.1) is 5.69 Å². The quantitative estimate of drug-likeness (QED) is 0.823. The lowest BCUT2D eigenvalue weighted by Gasteiger charge is -2.11. The third-order valence-corrected chi connectivity index (χ3v) is 3.76. The Morgan fingerprint density at radius 1 is 1.29 bits per heavy atom. The summed E-state index contributed by atoms with van der Waals surface area (Å²) in [6.45, 7) is 3.95. The lowest BCUT2D eigenvalue weighted by molar-refractivity contribution is 0.880. The highest BCUT2D eigenvalue weighted by atomic mass is 79.9. The molecule has 1 aromatic carbocycles. The highest BCUT2D eigenvalue weighted by molar-refractivity contribution is 9.10. The van der Waals surface area contributed by atoms with Crippen LogP contribution in [0.1, 0.15) is 18.3 Å². The molecule has 0 aliphatic rings. The molecule has 0 aliphatic heterocycles. The maximum absolute atomic E-state index is 6.13. The molecular weight excluding hydrogens is 325 g/mol. The predicted molar refractivity (Wildman–Crippen MR) is 73.2 cm³/mol. The Balaban J connectivity index is 2.68. The molecule has 0 radical (unpaired) electrons. The van der Waals surface area contributed by atoms with E-state index < -0.39 is 0 Å². The smallest absolute Gasteiger partial charge is 0.229 e.